The van der Waals surface area contributed by atoms with Crippen molar-refractivity contribution >= 4 is 29.2 Å². The van der Waals surface area contributed by atoms with Crippen molar-refractivity contribution in [1.29, 1.82) is 0 Å². The molecule has 0 bridgehead atoms. The van der Waals surface area contributed by atoms with Crippen LogP contribution in [-0.4, -0.2) is 36.5 Å². The number of benzene rings is 1. The number of anilines is 1. The van der Waals surface area contributed by atoms with Crippen LogP contribution in [0.25, 0.3) is 0 Å². The number of hydrogen-bond acceptors (Lipinski definition) is 3. The van der Waals surface area contributed by atoms with Gasteiger partial charge in [0.1, 0.15) is 0 Å². The Labute approximate surface area is 123 Å². The van der Waals surface area contributed by atoms with Crippen LogP contribution in [0.2, 0.25) is 5.02 Å². The fourth-order valence-electron chi connectivity index (χ4n) is 1.85. The van der Waals surface area contributed by atoms with E-state index in [0.29, 0.717) is 0 Å². The maximum atomic E-state index is 12.7. The van der Waals surface area contributed by atoms with Gasteiger partial charge in [-0.1, -0.05) is 11.6 Å². The Morgan fingerprint density at radius 3 is 2.62 bits per heavy atom. The molecule has 3 amide bonds. The summed E-state index contributed by atoms with van der Waals surface area (Å²) in [5.74, 6) is -0.367. The Morgan fingerprint density at radius 2 is 2.05 bits per heavy atom. The molecule has 1 aliphatic rings. The maximum Gasteiger partial charge on any atom is 0.417 e. The SMILES string of the molecule is O=C1CNC(=O)N1CCNc1ccc(Cl)c(C(F)(F)F)c1. The largest absolute Gasteiger partial charge is 0.417 e. The molecule has 2 N–H and O–H groups in total. The lowest BCUT2D eigenvalue weighted by atomic mass is 10.2. The van der Waals surface area contributed by atoms with Crippen LogP contribution in [0.1, 0.15) is 5.56 Å². The number of halogens is 4. The van der Waals surface area contributed by atoms with E-state index >= 15 is 0 Å². The van der Waals surface area contributed by atoms with E-state index in [4.69, 9.17) is 11.6 Å². The molecule has 1 heterocycles. The van der Waals surface area contributed by atoms with Crippen molar-refractivity contribution in [2.24, 2.45) is 0 Å². The number of urea groups is 1. The van der Waals surface area contributed by atoms with E-state index in [1.54, 1.807) is 0 Å². The molecule has 0 aliphatic carbocycles. The molecule has 114 valence electrons. The molecule has 0 unspecified atom stereocenters. The number of nitrogens with zero attached hydrogens (tertiary/aromatic N) is 1. The highest BCUT2D eigenvalue weighted by molar-refractivity contribution is 6.31. The summed E-state index contributed by atoms with van der Waals surface area (Å²) in [7, 11) is 0. The summed E-state index contributed by atoms with van der Waals surface area (Å²) in [5, 5.41) is 4.68. The highest BCUT2D eigenvalue weighted by Gasteiger charge is 2.33. The fraction of sp³-hybridized carbons (Fsp3) is 0.333. The number of nitrogens with one attached hydrogen (secondary N) is 2. The third kappa shape index (κ3) is 3.57. The zero-order valence-electron chi connectivity index (χ0n) is 10.6. The molecular weight excluding hydrogens is 311 g/mol. The monoisotopic (exact) mass is 321 g/mol. The second-order valence-electron chi connectivity index (χ2n) is 4.32. The van der Waals surface area contributed by atoms with E-state index in [0.717, 1.165) is 17.0 Å². The van der Waals surface area contributed by atoms with Crippen molar-refractivity contribution in [2.45, 2.75) is 6.18 Å². The van der Waals surface area contributed by atoms with Crippen LogP contribution in [-0.2, 0) is 11.0 Å². The minimum Gasteiger partial charge on any atom is -0.383 e. The molecule has 9 heteroatoms. The van der Waals surface area contributed by atoms with Gasteiger partial charge in [0.25, 0.3) is 0 Å². The molecule has 2 rings (SSSR count). The summed E-state index contributed by atoms with van der Waals surface area (Å²) >= 11 is 5.50. The van der Waals surface area contributed by atoms with Crippen LogP contribution in [0.4, 0.5) is 23.7 Å². The molecular formula is C12H11ClF3N3O2. The molecule has 1 fully saturated rings. The smallest absolute Gasteiger partial charge is 0.383 e. The van der Waals surface area contributed by atoms with Crippen molar-refractivity contribution in [2.75, 3.05) is 25.0 Å². The first-order chi connectivity index (χ1) is 9.79. The third-order valence-electron chi connectivity index (χ3n) is 2.87. The zero-order valence-corrected chi connectivity index (χ0v) is 11.4. The van der Waals surface area contributed by atoms with Gasteiger partial charge >= 0.3 is 12.2 Å². The Kier molecular flexibility index (Phi) is 4.26. The van der Waals surface area contributed by atoms with Gasteiger partial charge in [-0.05, 0) is 18.2 Å². The van der Waals surface area contributed by atoms with E-state index in [1.165, 1.54) is 6.07 Å². The van der Waals surface area contributed by atoms with Crippen molar-refractivity contribution in [3.63, 3.8) is 0 Å². The van der Waals surface area contributed by atoms with Crippen LogP contribution in [0.3, 0.4) is 0 Å². The van der Waals surface area contributed by atoms with E-state index in [9.17, 15) is 22.8 Å². The van der Waals surface area contributed by atoms with E-state index in [-0.39, 0.29) is 36.3 Å². The lowest BCUT2D eigenvalue weighted by molar-refractivity contribution is -0.137. The summed E-state index contributed by atoms with van der Waals surface area (Å²) < 4.78 is 38.0. The summed E-state index contributed by atoms with van der Waals surface area (Å²) in [5.41, 5.74) is -0.733. The Hall–Kier alpha value is -1.96. The number of amides is 3. The van der Waals surface area contributed by atoms with Crippen LogP contribution >= 0.6 is 11.6 Å². The van der Waals surface area contributed by atoms with Gasteiger partial charge < -0.3 is 10.6 Å². The summed E-state index contributed by atoms with van der Waals surface area (Å²) in [6.45, 7) is 0.144. The van der Waals surface area contributed by atoms with Crippen LogP contribution in [0, 0.1) is 0 Å². The molecule has 0 radical (unpaired) electrons. The minimum absolute atomic E-state index is 0.0575. The molecule has 1 aliphatic heterocycles. The Bertz CT molecular complexity index is 561. The lowest BCUT2D eigenvalue weighted by Gasteiger charge is -2.15. The van der Waals surface area contributed by atoms with Crippen molar-refractivity contribution in [3.05, 3.63) is 28.8 Å². The topological polar surface area (TPSA) is 61.4 Å². The van der Waals surface area contributed by atoms with E-state index < -0.39 is 17.8 Å². The number of carbonyl (C=O) groups excluding carboxylic acids is 2. The first-order valence-electron chi connectivity index (χ1n) is 5.98. The number of hydrogen-bond donors (Lipinski definition) is 2. The number of imide groups is 1. The summed E-state index contributed by atoms with van der Waals surface area (Å²) in [6.07, 6.45) is -4.54. The number of rotatable bonds is 4. The van der Waals surface area contributed by atoms with Gasteiger partial charge in [-0.25, -0.2) is 4.79 Å². The van der Waals surface area contributed by atoms with Gasteiger partial charge in [-0.3, -0.25) is 9.69 Å². The third-order valence-corrected chi connectivity index (χ3v) is 3.20. The molecule has 0 saturated carbocycles. The van der Waals surface area contributed by atoms with Gasteiger partial charge in [0, 0.05) is 18.8 Å². The molecule has 1 aromatic rings. The molecule has 0 atom stereocenters. The van der Waals surface area contributed by atoms with Crippen molar-refractivity contribution < 1.29 is 22.8 Å². The Morgan fingerprint density at radius 1 is 1.33 bits per heavy atom. The minimum atomic E-state index is -4.54. The molecule has 1 aromatic carbocycles. The Balaban J connectivity index is 1.98. The second-order valence-corrected chi connectivity index (χ2v) is 4.73. The lowest BCUT2D eigenvalue weighted by Crippen LogP contribution is -2.35. The molecule has 5 nitrogen and oxygen atoms in total. The first kappa shape index (κ1) is 15.4. The van der Waals surface area contributed by atoms with Gasteiger partial charge in [0.05, 0.1) is 17.1 Å². The van der Waals surface area contributed by atoms with Crippen LogP contribution in [0.5, 0.6) is 0 Å². The predicted molar refractivity (Wildman–Crippen MR) is 70.1 cm³/mol. The fourth-order valence-corrected chi connectivity index (χ4v) is 2.07. The highest BCUT2D eigenvalue weighted by atomic mass is 35.5. The van der Waals surface area contributed by atoms with Crippen molar-refractivity contribution in [1.82, 2.24) is 10.2 Å². The van der Waals surface area contributed by atoms with Crippen LogP contribution in [0.15, 0.2) is 18.2 Å². The summed E-state index contributed by atoms with van der Waals surface area (Å²) in [6, 6.07) is 2.91. The average molecular weight is 322 g/mol. The highest BCUT2D eigenvalue weighted by Crippen LogP contribution is 2.36. The number of alkyl halides is 3. The van der Waals surface area contributed by atoms with Gasteiger partial charge in [0.2, 0.25) is 5.91 Å². The quantitative estimate of drug-likeness (QED) is 0.837. The van der Waals surface area contributed by atoms with E-state index in [2.05, 4.69) is 10.6 Å². The van der Waals surface area contributed by atoms with Gasteiger partial charge in [-0.2, -0.15) is 13.2 Å². The van der Waals surface area contributed by atoms with E-state index in [1.807, 2.05) is 0 Å². The normalized spacial score (nSPS) is 15.3. The standard InChI is InChI=1S/C12H11ClF3N3O2/c13-9-2-1-7(5-8(9)12(14,15)16)17-3-4-19-10(20)6-18-11(19)21/h1-2,5,17H,3-4,6H2,(H,18,21). The van der Waals surface area contributed by atoms with Gasteiger partial charge in [0.15, 0.2) is 0 Å². The molecule has 0 aromatic heterocycles. The summed E-state index contributed by atoms with van der Waals surface area (Å²) in [4.78, 5) is 23.6. The predicted octanol–water partition coefficient (Wildman–Crippen LogP) is 2.32. The van der Waals surface area contributed by atoms with Crippen LogP contribution < -0.4 is 10.6 Å². The number of carbonyl (C=O) groups is 2. The second kappa shape index (κ2) is 5.80. The molecule has 0 spiro atoms. The zero-order chi connectivity index (χ0) is 15.6. The van der Waals surface area contributed by atoms with Crippen molar-refractivity contribution in [3.8, 4) is 0 Å². The average Bonchev–Trinajstić information content (AvgIpc) is 2.71. The first-order valence-corrected chi connectivity index (χ1v) is 6.35. The maximum absolute atomic E-state index is 12.7. The van der Waals surface area contributed by atoms with Gasteiger partial charge in [-0.15, -0.1) is 0 Å². The molecule has 1 saturated heterocycles. The molecule has 21 heavy (non-hydrogen) atoms.